The lowest BCUT2D eigenvalue weighted by Gasteiger charge is -2.17. The van der Waals surface area contributed by atoms with E-state index < -0.39 is 0 Å². The molecule has 0 amide bonds. The van der Waals surface area contributed by atoms with Crippen LogP contribution in [0.4, 0.5) is 0 Å². The highest BCUT2D eigenvalue weighted by Crippen LogP contribution is 2.51. The Morgan fingerprint density at radius 3 is 2.70 bits per heavy atom. The first-order valence-electron chi connectivity index (χ1n) is 6.74. The third-order valence-electron chi connectivity index (χ3n) is 4.21. The maximum absolute atomic E-state index is 10.2. The van der Waals surface area contributed by atoms with Gasteiger partial charge in [0, 0.05) is 41.6 Å². The number of benzene rings is 2. The predicted octanol–water partition coefficient (Wildman–Crippen LogP) is 3.62. The van der Waals surface area contributed by atoms with Crippen molar-refractivity contribution in [2.75, 3.05) is 13.1 Å². The van der Waals surface area contributed by atoms with Crippen LogP contribution in [0, 0.1) is 0 Å². The number of rotatable bonds is 0. The highest BCUT2D eigenvalue weighted by Gasteiger charge is 2.37. The standard InChI is InChI=1S/C16H14ClNO2/c17-9-5-11-13-8-18-7-12(13)10-3-1-2-4-15(10)20-16(11)14(19)6-9/h1-6,12-13,18-19H,7-8H2/t12-,13-/m1/s1. The lowest BCUT2D eigenvalue weighted by atomic mass is 9.84. The van der Waals surface area contributed by atoms with Crippen molar-refractivity contribution in [1.29, 1.82) is 0 Å². The van der Waals surface area contributed by atoms with Crippen LogP contribution in [-0.2, 0) is 0 Å². The molecule has 0 radical (unpaired) electrons. The molecule has 2 aromatic carbocycles. The maximum Gasteiger partial charge on any atom is 0.172 e. The van der Waals surface area contributed by atoms with Gasteiger partial charge in [-0.1, -0.05) is 29.8 Å². The quantitative estimate of drug-likeness (QED) is 0.777. The van der Waals surface area contributed by atoms with Crippen LogP contribution in [0.1, 0.15) is 23.0 Å². The predicted molar refractivity (Wildman–Crippen MR) is 78.0 cm³/mol. The van der Waals surface area contributed by atoms with Gasteiger partial charge in [0.1, 0.15) is 5.75 Å². The molecule has 1 fully saturated rings. The minimum atomic E-state index is 0.106. The van der Waals surface area contributed by atoms with Crippen LogP contribution in [0.2, 0.25) is 5.02 Å². The molecule has 2 heterocycles. The highest BCUT2D eigenvalue weighted by molar-refractivity contribution is 6.30. The zero-order chi connectivity index (χ0) is 13.7. The lowest BCUT2D eigenvalue weighted by Crippen LogP contribution is -2.08. The van der Waals surface area contributed by atoms with Crippen LogP contribution < -0.4 is 10.1 Å². The third-order valence-corrected chi connectivity index (χ3v) is 4.43. The fourth-order valence-corrected chi connectivity index (χ4v) is 3.53. The summed E-state index contributed by atoms with van der Waals surface area (Å²) in [7, 11) is 0. The van der Waals surface area contributed by atoms with E-state index in [9.17, 15) is 5.11 Å². The highest BCUT2D eigenvalue weighted by atomic mass is 35.5. The molecule has 2 aliphatic heterocycles. The van der Waals surface area contributed by atoms with Crippen molar-refractivity contribution in [3.05, 3.63) is 52.5 Å². The monoisotopic (exact) mass is 287 g/mol. The molecule has 3 nitrogen and oxygen atoms in total. The molecule has 0 bridgehead atoms. The van der Waals surface area contributed by atoms with Crippen molar-refractivity contribution in [2.45, 2.75) is 11.8 Å². The molecule has 0 aromatic heterocycles. The van der Waals surface area contributed by atoms with Crippen LogP contribution in [0.5, 0.6) is 17.2 Å². The second kappa shape index (κ2) is 4.40. The van der Waals surface area contributed by atoms with Gasteiger partial charge in [0.15, 0.2) is 11.5 Å². The number of fused-ring (bicyclic) bond motifs is 5. The van der Waals surface area contributed by atoms with Crippen molar-refractivity contribution in [1.82, 2.24) is 5.32 Å². The van der Waals surface area contributed by atoms with Gasteiger partial charge < -0.3 is 15.2 Å². The Morgan fingerprint density at radius 1 is 1.10 bits per heavy atom. The zero-order valence-corrected chi connectivity index (χ0v) is 11.5. The molecule has 0 saturated carbocycles. The van der Waals surface area contributed by atoms with Crippen molar-refractivity contribution in [2.24, 2.45) is 0 Å². The summed E-state index contributed by atoms with van der Waals surface area (Å²) in [6.07, 6.45) is 0. The first-order chi connectivity index (χ1) is 9.74. The number of para-hydroxylation sites is 1. The van der Waals surface area contributed by atoms with E-state index in [0.717, 1.165) is 24.4 Å². The molecule has 1 saturated heterocycles. The van der Waals surface area contributed by atoms with Crippen molar-refractivity contribution < 1.29 is 9.84 Å². The van der Waals surface area contributed by atoms with E-state index in [-0.39, 0.29) is 11.7 Å². The van der Waals surface area contributed by atoms with Gasteiger partial charge in [-0.05, 0) is 17.7 Å². The van der Waals surface area contributed by atoms with Gasteiger partial charge in [-0.15, -0.1) is 0 Å². The smallest absolute Gasteiger partial charge is 0.172 e. The molecule has 20 heavy (non-hydrogen) atoms. The molecular weight excluding hydrogens is 274 g/mol. The van der Waals surface area contributed by atoms with Crippen LogP contribution >= 0.6 is 11.6 Å². The largest absolute Gasteiger partial charge is 0.504 e. The Morgan fingerprint density at radius 2 is 1.85 bits per heavy atom. The number of phenolic OH excluding ortho intramolecular Hbond substituents is 1. The van der Waals surface area contributed by atoms with E-state index in [1.807, 2.05) is 24.3 Å². The summed E-state index contributed by atoms with van der Waals surface area (Å²) in [4.78, 5) is 0. The molecule has 4 rings (SSSR count). The fourth-order valence-electron chi connectivity index (χ4n) is 3.31. The lowest BCUT2D eigenvalue weighted by molar-refractivity contribution is 0.408. The Labute approximate surface area is 122 Å². The summed E-state index contributed by atoms with van der Waals surface area (Å²) in [5, 5.41) is 14.2. The summed E-state index contributed by atoms with van der Waals surface area (Å²) in [5.41, 5.74) is 2.18. The van der Waals surface area contributed by atoms with Gasteiger partial charge in [-0.25, -0.2) is 0 Å². The topological polar surface area (TPSA) is 41.5 Å². The number of ether oxygens (including phenoxy) is 1. The van der Waals surface area contributed by atoms with E-state index >= 15 is 0 Å². The third kappa shape index (κ3) is 1.70. The number of phenols is 1. The van der Waals surface area contributed by atoms with E-state index in [1.165, 1.54) is 11.6 Å². The minimum absolute atomic E-state index is 0.106. The second-order valence-corrected chi connectivity index (χ2v) is 5.79. The molecule has 2 atom stereocenters. The summed E-state index contributed by atoms with van der Waals surface area (Å²) in [6.45, 7) is 1.78. The number of hydrogen-bond donors (Lipinski definition) is 2. The van der Waals surface area contributed by atoms with Crippen LogP contribution in [0.25, 0.3) is 0 Å². The van der Waals surface area contributed by atoms with Crippen LogP contribution in [0.3, 0.4) is 0 Å². The Bertz CT molecular complexity index is 686. The Hall–Kier alpha value is -1.71. The number of aromatic hydroxyl groups is 1. The van der Waals surface area contributed by atoms with E-state index in [2.05, 4.69) is 11.4 Å². The van der Waals surface area contributed by atoms with Crippen LogP contribution in [-0.4, -0.2) is 18.2 Å². The first kappa shape index (κ1) is 12.1. The summed E-state index contributed by atoms with van der Waals surface area (Å²) >= 11 is 6.10. The molecular formula is C16H14ClNO2. The van der Waals surface area contributed by atoms with Gasteiger partial charge in [-0.2, -0.15) is 0 Å². The van der Waals surface area contributed by atoms with Crippen LogP contribution in [0.15, 0.2) is 36.4 Å². The van der Waals surface area contributed by atoms with E-state index in [1.54, 1.807) is 0 Å². The second-order valence-electron chi connectivity index (χ2n) is 5.35. The maximum atomic E-state index is 10.2. The summed E-state index contributed by atoms with van der Waals surface area (Å²) < 4.78 is 5.99. The number of nitrogens with one attached hydrogen (secondary N) is 1. The van der Waals surface area contributed by atoms with Gasteiger partial charge in [0.25, 0.3) is 0 Å². The van der Waals surface area contributed by atoms with Crippen molar-refractivity contribution >= 4 is 11.6 Å². The van der Waals surface area contributed by atoms with Gasteiger partial charge >= 0.3 is 0 Å². The number of hydrogen-bond acceptors (Lipinski definition) is 3. The molecule has 0 unspecified atom stereocenters. The van der Waals surface area contributed by atoms with E-state index in [4.69, 9.17) is 16.3 Å². The normalized spacial score (nSPS) is 23.2. The molecule has 0 spiro atoms. The number of halogens is 1. The first-order valence-corrected chi connectivity index (χ1v) is 7.12. The molecule has 2 aliphatic rings. The summed E-state index contributed by atoms with van der Waals surface area (Å²) in [5.74, 6) is 2.10. The summed E-state index contributed by atoms with van der Waals surface area (Å²) in [6, 6.07) is 11.5. The Kier molecular flexibility index (Phi) is 2.65. The molecule has 0 aliphatic carbocycles. The molecule has 4 heteroatoms. The van der Waals surface area contributed by atoms with Gasteiger partial charge in [0.05, 0.1) is 0 Å². The SMILES string of the molecule is Oc1cc(Cl)cc2c1Oc1ccccc1[C@H]1CNC[C@H]21. The van der Waals surface area contributed by atoms with Gasteiger partial charge in [-0.3, -0.25) is 0 Å². The minimum Gasteiger partial charge on any atom is -0.504 e. The molecule has 2 aromatic rings. The molecule has 2 N–H and O–H groups in total. The fraction of sp³-hybridized carbons (Fsp3) is 0.250. The van der Waals surface area contributed by atoms with Gasteiger partial charge in [0.2, 0.25) is 0 Å². The van der Waals surface area contributed by atoms with Crippen molar-refractivity contribution in [3.8, 4) is 17.2 Å². The Balaban J connectivity index is 1.98. The zero-order valence-electron chi connectivity index (χ0n) is 10.8. The average molecular weight is 288 g/mol. The molecule has 102 valence electrons. The van der Waals surface area contributed by atoms with Crippen molar-refractivity contribution in [3.63, 3.8) is 0 Å². The van der Waals surface area contributed by atoms with E-state index in [0.29, 0.717) is 16.7 Å². The average Bonchev–Trinajstić information content (AvgIpc) is 2.86.